The van der Waals surface area contributed by atoms with Gasteiger partial charge in [0.1, 0.15) is 0 Å². The molecule has 0 bridgehead atoms. The van der Waals surface area contributed by atoms with Gasteiger partial charge in [0.2, 0.25) is 13.4 Å². The molecule has 2 aliphatic heterocycles. The van der Waals surface area contributed by atoms with Gasteiger partial charge in [-0.15, -0.1) is 0 Å². The Bertz CT molecular complexity index is 3000. The molecular weight excluding hydrogens is 674 g/mol. The Morgan fingerprint density at radius 3 is 1.04 bits per heavy atom. The Morgan fingerprint density at radius 2 is 0.661 bits per heavy atom. The molecule has 0 saturated heterocycles. The lowest BCUT2D eigenvalue weighted by Crippen LogP contribution is -2.61. The molecule has 0 radical (unpaired) electrons. The lowest BCUT2D eigenvalue weighted by Gasteiger charge is -2.34. The van der Waals surface area contributed by atoms with E-state index >= 15 is 0 Å². The van der Waals surface area contributed by atoms with Crippen molar-refractivity contribution in [3.8, 4) is 11.4 Å². The van der Waals surface area contributed by atoms with Crippen molar-refractivity contribution >= 4 is 89.8 Å². The molecule has 0 fully saturated rings. The molecule has 0 atom stereocenters. The normalized spacial score (nSPS) is 13.1. The summed E-state index contributed by atoms with van der Waals surface area (Å²) < 4.78 is 5.27. The van der Waals surface area contributed by atoms with E-state index in [4.69, 9.17) is 0 Å². The molecule has 2 aliphatic rings. The summed E-state index contributed by atoms with van der Waals surface area (Å²) in [5.41, 5.74) is 29.6. The third-order valence-electron chi connectivity index (χ3n) is 13.3. The molecule has 9 aromatic rings. The predicted octanol–water partition coefficient (Wildman–Crippen LogP) is 8.62. The van der Waals surface area contributed by atoms with E-state index in [1.54, 1.807) is 0 Å². The molecule has 11 rings (SSSR count). The lowest BCUT2D eigenvalue weighted by atomic mass is 9.32. The summed E-state index contributed by atoms with van der Waals surface area (Å²) in [5.74, 6) is 0. The van der Waals surface area contributed by atoms with E-state index in [1.165, 1.54) is 143 Å². The number of aromatic nitrogens is 2. The maximum atomic E-state index is 2.63. The second kappa shape index (κ2) is 11.4. The summed E-state index contributed by atoms with van der Waals surface area (Å²) >= 11 is 0. The molecule has 0 unspecified atom stereocenters. The fraction of sp³-hybridized carbons (Fsp3) is 0.192. The van der Waals surface area contributed by atoms with Crippen molar-refractivity contribution in [1.29, 1.82) is 0 Å². The van der Waals surface area contributed by atoms with Crippen LogP contribution in [0.4, 0.5) is 0 Å². The van der Waals surface area contributed by atoms with E-state index < -0.39 is 0 Å². The van der Waals surface area contributed by atoms with Crippen LogP contribution in [0.15, 0.2) is 97.1 Å². The number of nitrogens with zero attached hydrogens (tertiary/aromatic N) is 2. The first kappa shape index (κ1) is 33.6. The van der Waals surface area contributed by atoms with Gasteiger partial charge in [0, 0.05) is 44.0 Å². The molecule has 56 heavy (non-hydrogen) atoms. The minimum absolute atomic E-state index is 0.0801. The second-order valence-corrected chi connectivity index (χ2v) is 17.7. The van der Waals surface area contributed by atoms with Gasteiger partial charge in [-0.1, -0.05) is 115 Å². The second-order valence-electron chi connectivity index (χ2n) is 17.7. The van der Waals surface area contributed by atoms with Crippen LogP contribution in [0.1, 0.15) is 55.6 Å². The van der Waals surface area contributed by atoms with Crippen LogP contribution in [0, 0.1) is 69.2 Å². The number of hydrogen-bond donors (Lipinski definition) is 0. The summed E-state index contributed by atoms with van der Waals surface area (Å²) in [4.78, 5) is 0. The van der Waals surface area contributed by atoms with Crippen LogP contribution in [-0.4, -0.2) is 22.6 Å². The van der Waals surface area contributed by atoms with Crippen LogP contribution >= 0.6 is 0 Å². The standard InChI is InChI=1S/C52H46B2N2/c1-27-11-13-45-37(19-27)39-21-31(5)23-43-51(39)55(45)47-25-42-48(26-41(47)53(43)49-33(7)15-29(3)16-34(49)8)56-46-14-12-28(2)20-38(46)40-22-32(6)24-44(52(40)56)54(42)50-35(9)17-30(4)18-36(50)10/h11-26H,1-10H3. The first-order chi connectivity index (χ1) is 26.9. The van der Waals surface area contributed by atoms with Crippen molar-refractivity contribution in [1.82, 2.24) is 9.13 Å². The predicted molar refractivity (Wildman–Crippen MR) is 245 cm³/mol. The number of hydrogen-bond acceptors (Lipinski definition) is 0. The zero-order chi connectivity index (χ0) is 38.6. The summed E-state index contributed by atoms with van der Waals surface area (Å²) in [6.07, 6.45) is 0. The van der Waals surface area contributed by atoms with Crippen LogP contribution in [-0.2, 0) is 0 Å². The maximum Gasteiger partial charge on any atom is 0.247 e. The van der Waals surface area contributed by atoms with Gasteiger partial charge >= 0.3 is 0 Å². The first-order valence-corrected chi connectivity index (χ1v) is 20.3. The van der Waals surface area contributed by atoms with Crippen LogP contribution in [0.2, 0.25) is 0 Å². The summed E-state index contributed by atoms with van der Waals surface area (Å²) in [5, 5.41) is 5.38. The molecule has 7 aromatic carbocycles. The van der Waals surface area contributed by atoms with Crippen molar-refractivity contribution in [3.05, 3.63) is 153 Å². The van der Waals surface area contributed by atoms with Crippen molar-refractivity contribution in [2.75, 3.05) is 0 Å². The Morgan fingerprint density at radius 1 is 0.321 bits per heavy atom. The molecule has 4 heteroatoms. The zero-order valence-corrected chi connectivity index (χ0v) is 34.3. The fourth-order valence-electron chi connectivity index (χ4n) is 11.5. The van der Waals surface area contributed by atoms with Gasteiger partial charge in [0.15, 0.2) is 0 Å². The molecule has 0 amide bonds. The minimum atomic E-state index is 0.0801. The largest absolute Gasteiger partial charge is 0.310 e. The topological polar surface area (TPSA) is 9.86 Å². The van der Waals surface area contributed by atoms with Gasteiger partial charge in [0.05, 0.1) is 11.0 Å². The molecule has 0 spiro atoms. The highest BCUT2D eigenvalue weighted by atomic mass is 15.0. The van der Waals surface area contributed by atoms with E-state index in [-0.39, 0.29) is 13.4 Å². The van der Waals surface area contributed by atoms with Crippen LogP contribution < -0.4 is 32.8 Å². The maximum absolute atomic E-state index is 2.63. The molecule has 2 aromatic heterocycles. The molecular formula is C52H46B2N2. The third kappa shape index (κ3) is 4.42. The van der Waals surface area contributed by atoms with Crippen molar-refractivity contribution in [3.63, 3.8) is 0 Å². The number of aryl methyl sites for hydroxylation is 10. The van der Waals surface area contributed by atoms with Crippen LogP contribution in [0.25, 0.3) is 55.0 Å². The van der Waals surface area contributed by atoms with Crippen LogP contribution in [0.5, 0.6) is 0 Å². The first-order valence-electron chi connectivity index (χ1n) is 20.3. The van der Waals surface area contributed by atoms with Gasteiger partial charge in [-0.05, 0) is 140 Å². The van der Waals surface area contributed by atoms with Crippen LogP contribution in [0.3, 0.4) is 0 Å². The van der Waals surface area contributed by atoms with E-state index in [0.29, 0.717) is 0 Å². The van der Waals surface area contributed by atoms with Gasteiger partial charge in [-0.2, -0.15) is 0 Å². The Kier molecular flexibility index (Phi) is 6.85. The average molecular weight is 721 g/mol. The minimum Gasteiger partial charge on any atom is -0.310 e. The summed E-state index contributed by atoms with van der Waals surface area (Å²) in [7, 11) is 0. The van der Waals surface area contributed by atoms with Crippen molar-refractivity contribution < 1.29 is 0 Å². The SMILES string of the molecule is Cc1cc(C)c(B2c3cc4c(cc3-n3c5ccc(C)cc5c5cc(C)cc2c53)B(c2c(C)cc(C)cc2C)c2cc(C)cc3c5cc(C)ccc5n-4c23)c(C)c1. The van der Waals surface area contributed by atoms with Gasteiger partial charge in [-0.25, -0.2) is 0 Å². The van der Waals surface area contributed by atoms with E-state index in [9.17, 15) is 0 Å². The quantitative estimate of drug-likeness (QED) is 0.158. The third-order valence-corrected chi connectivity index (χ3v) is 13.3. The average Bonchev–Trinajstić information content (AvgIpc) is 3.62. The molecule has 270 valence electrons. The highest BCUT2D eigenvalue weighted by molar-refractivity contribution is 7.00. The van der Waals surface area contributed by atoms with E-state index in [0.717, 1.165) is 0 Å². The Hall–Kier alpha value is -5.73. The number of rotatable bonds is 2. The number of benzene rings is 7. The summed E-state index contributed by atoms with van der Waals surface area (Å²) in [6, 6.07) is 38.8. The highest BCUT2D eigenvalue weighted by Gasteiger charge is 2.41. The Balaban J connectivity index is 1.37. The van der Waals surface area contributed by atoms with E-state index in [2.05, 4.69) is 175 Å². The number of fused-ring (bicyclic) bond motifs is 10. The van der Waals surface area contributed by atoms with Crippen molar-refractivity contribution in [2.24, 2.45) is 0 Å². The zero-order valence-electron chi connectivity index (χ0n) is 34.3. The highest BCUT2D eigenvalue weighted by Crippen LogP contribution is 2.38. The van der Waals surface area contributed by atoms with Gasteiger partial charge in [-0.3, -0.25) is 0 Å². The van der Waals surface area contributed by atoms with E-state index in [1.807, 2.05) is 0 Å². The molecule has 0 N–H and O–H groups in total. The monoisotopic (exact) mass is 720 g/mol. The summed E-state index contributed by atoms with van der Waals surface area (Å²) in [6.45, 7) is 23.0. The van der Waals surface area contributed by atoms with Gasteiger partial charge in [0.25, 0.3) is 0 Å². The smallest absolute Gasteiger partial charge is 0.247 e. The Labute approximate surface area is 331 Å². The van der Waals surface area contributed by atoms with Gasteiger partial charge < -0.3 is 9.13 Å². The van der Waals surface area contributed by atoms with Crippen molar-refractivity contribution in [2.45, 2.75) is 69.2 Å². The lowest BCUT2D eigenvalue weighted by molar-refractivity contribution is 1.16. The fourth-order valence-corrected chi connectivity index (χ4v) is 11.5. The molecule has 4 heterocycles. The molecule has 0 saturated carbocycles. The molecule has 2 nitrogen and oxygen atoms in total. The molecule has 0 aliphatic carbocycles.